The van der Waals surface area contributed by atoms with Crippen LogP contribution in [0.3, 0.4) is 0 Å². The third kappa shape index (κ3) is 4.12. The second-order valence-electron chi connectivity index (χ2n) is 5.61. The number of hydrogen-bond donors (Lipinski definition) is 0. The van der Waals surface area contributed by atoms with E-state index >= 15 is 0 Å². The topological polar surface area (TPSA) is 23.6 Å². The quantitative estimate of drug-likeness (QED) is 0.817. The van der Waals surface area contributed by atoms with Gasteiger partial charge in [-0.05, 0) is 50.6 Å². The molecule has 2 rings (SSSR count). The molecule has 0 unspecified atom stereocenters. The van der Waals surface area contributed by atoms with Gasteiger partial charge in [-0.15, -0.1) is 0 Å². The zero-order valence-electron chi connectivity index (χ0n) is 12.6. The Hall–Kier alpha value is -0.770. The van der Waals surface area contributed by atoms with Crippen LogP contribution in [0.1, 0.15) is 36.5 Å². The molecule has 0 aromatic heterocycles. The lowest BCUT2D eigenvalue weighted by atomic mass is 10.1. The zero-order chi connectivity index (χ0) is 15.4. The molecule has 1 fully saturated rings. The number of amides is 1. The van der Waals surface area contributed by atoms with Crippen molar-refractivity contribution in [3.8, 4) is 0 Å². The molecule has 1 heterocycles. The third-order valence-corrected chi connectivity index (χ3v) is 4.91. The molecule has 0 bridgehead atoms. The SMILES string of the molecule is CC[C@@H](CN1CCCC1)N(C)C(=O)c1ccc(Cl)c(Cl)c1. The van der Waals surface area contributed by atoms with Gasteiger partial charge < -0.3 is 9.80 Å². The average molecular weight is 329 g/mol. The molecule has 21 heavy (non-hydrogen) atoms. The van der Waals surface area contributed by atoms with E-state index in [0.29, 0.717) is 15.6 Å². The standard InChI is InChI=1S/C16H22Cl2N2O/c1-3-13(11-20-8-4-5-9-20)19(2)16(21)12-6-7-14(17)15(18)10-12/h6-7,10,13H,3-5,8-9,11H2,1-2H3/t13-/m0/s1. The van der Waals surface area contributed by atoms with E-state index in [-0.39, 0.29) is 11.9 Å². The summed E-state index contributed by atoms with van der Waals surface area (Å²) in [7, 11) is 1.87. The monoisotopic (exact) mass is 328 g/mol. The van der Waals surface area contributed by atoms with E-state index in [1.165, 1.54) is 12.8 Å². The number of carbonyl (C=O) groups excluding carboxylic acids is 1. The van der Waals surface area contributed by atoms with E-state index in [1.54, 1.807) is 18.2 Å². The van der Waals surface area contributed by atoms with Crippen molar-refractivity contribution in [2.24, 2.45) is 0 Å². The lowest BCUT2D eigenvalue weighted by Crippen LogP contribution is -2.44. The number of rotatable bonds is 5. The Morgan fingerprint density at radius 3 is 2.52 bits per heavy atom. The Morgan fingerprint density at radius 2 is 1.95 bits per heavy atom. The lowest BCUT2D eigenvalue weighted by molar-refractivity contribution is 0.0693. The zero-order valence-corrected chi connectivity index (χ0v) is 14.1. The highest BCUT2D eigenvalue weighted by Gasteiger charge is 2.23. The minimum absolute atomic E-state index is 0.000358. The molecule has 0 spiro atoms. The highest BCUT2D eigenvalue weighted by molar-refractivity contribution is 6.42. The molecule has 0 radical (unpaired) electrons. The fourth-order valence-corrected chi connectivity index (χ4v) is 3.09. The number of carbonyl (C=O) groups is 1. The van der Waals surface area contributed by atoms with Crippen molar-refractivity contribution >= 4 is 29.1 Å². The average Bonchev–Trinajstić information content (AvgIpc) is 2.99. The summed E-state index contributed by atoms with van der Waals surface area (Å²) in [4.78, 5) is 16.9. The highest BCUT2D eigenvalue weighted by Crippen LogP contribution is 2.23. The maximum absolute atomic E-state index is 12.6. The van der Waals surface area contributed by atoms with Crippen LogP contribution in [-0.2, 0) is 0 Å². The molecule has 3 nitrogen and oxygen atoms in total. The van der Waals surface area contributed by atoms with Crippen LogP contribution in [0, 0.1) is 0 Å². The Morgan fingerprint density at radius 1 is 1.29 bits per heavy atom. The van der Waals surface area contributed by atoms with Crippen molar-refractivity contribution < 1.29 is 4.79 Å². The van der Waals surface area contributed by atoms with Gasteiger partial charge in [0.05, 0.1) is 10.0 Å². The van der Waals surface area contributed by atoms with E-state index in [2.05, 4.69) is 11.8 Å². The van der Waals surface area contributed by atoms with E-state index < -0.39 is 0 Å². The normalized spacial score (nSPS) is 17.0. The molecular formula is C16H22Cl2N2O. The fourth-order valence-electron chi connectivity index (χ4n) is 2.79. The van der Waals surface area contributed by atoms with Crippen molar-refractivity contribution in [2.45, 2.75) is 32.2 Å². The molecule has 1 atom stereocenters. The van der Waals surface area contributed by atoms with Crippen molar-refractivity contribution in [2.75, 3.05) is 26.7 Å². The minimum Gasteiger partial charge on any atom is -0.337 e. The summed E-state index contributed by atoms with van der Waals surface area (Å²) in [6.07, 6.45) is 3.47. The van der Waals surface area contributed by atoms with Crippen molar-refractivity contribution in [3.63, 3.8) is 0 Å². The van der Waals surface area contributed by atoms with Crippen LogP contribution < -0.4 is 0 Å². The Kier molecular flexibility index (Phi) is 5.91. The van der Waals surface area contributed by atoms with Gasteiger partial charge in [-0.1, -0.05) is 30.1 Å². The van der Waals surface area contributed by atoms with Crippen LogP contribution in [-0.4, -0.2) is 48.4 Å². The van der Waals surface area contributed by atoms with Crippen molar-refractivity contribution in [1.29, 1.82) is 0 Å². The highest BCUT2D eigenvalue weighted by atomic mass is 35.5. The largest absolute Gasteiger partial charge is 0.337 e. The first-order valence-corrected chi connectivity index (χ1v) is 8.23. The predicted octanol–water partition coefficient (Wildman–Crippen LogP) is 3.94. The Balaban J connectivity index is 2.06. The summed E-state index contributed by atoms with van der Waals surface area (Å²) >= 11 is 11.9. The second-order valence-corrected chi connectivity index (χ2v) is 6.43. The molecule has 1 saturated heterocycles. The number of hydrogen-bond acceptors (Lipinski definition) is 2. The van der Waals surface area contributed by atoms with E-state index in [1.807, 2.05) is 11.9 Å². The van der Waals surface area contributed by atoms with Crippen LogP contribution in [0.2, 0.25) is 10.0 Å². The van der Waals surface area contributed by atoms with E-state index in [4.69, 9.17) is 23.2 Å². The molecule has 0 aliphatic carbocycles. The van der Waals surface area contributed by atoms with Crippen molar-refractivity contribution in [3.05, 3.63) is 33.8 Å². The van der Waals surface area contributed by atoms with Gasteiger partial charge in [-0.2, -0.15) is 0 Å². The van der Waals surface area contributed by atoms with Gasteiger partial charge in [0.2, 0.25) is 0 Å². The molecule has 1 aromatic rings. The molecule has 1 aliphatic heterocycles. The summed E-state index contributed by atoms with van der Waals surface area (Å²) in [5, 5.41) is 0.892. The first kappa shape index (κ1) is 16.6. The third-order valence-electron chi connectivity index (χ3n) is 4.17. The number of halogens is 2. The number of likely N-dealkylation sites (tertiary alicyclic amines) is 1. The minimum atomic E-state index is -0.000358. The molecule has 1 amide bonds. The van der Waals surface area contributed by atoms with Gasteiger partial charge in [0.1, 0.15) is 0 Å². The molecule has 1 aromatic carbocycles. The number of benzene rings is 1. The summed E-state index contributed by atoms with van der Waals surface area (Å²) < 4.78 is 0. The molecule has 1 aliphatic rings. The van der Waals surface area contributed by atoms with Crippen molar-refractivity contribution in [1.82, 2.24) is 9.80 Å². The lowest BCUT2D eigenvalue weighted by Gasteiger charge is -2.31. The molecular weight excluding hydrogens is 307 g/mol. The van der Waals surface area contributed by atoms with E-state index in [0.717, 1.165) is 26.1 Å². The molecule has 5 heteroatoms. The number of likely N-dealkylation sites (N-methyl/N-ethyl adjacent to an activating group) is 1. The Labute approximate surface area is 136 Å². The van der Waals surface area contributed by atoms with Crippen LogP contribution in [0.15, 0.2) is 18.2 Å². The summed E-state index contributed by atoms with van der Waals surface area (Å²) in [6.45, 7) is 5.36. The molecule has 0 saturated carbocycles. The maximum Gasteiger partial charge on any atom is 0.253 e. The fraction of sp³-hybridized carbons (Fsp3) is 0.562. The summed E-state index contributed by atoms with van der Waals surface area (Å²) in [5.41, 5.74) is 0.590. The first-order valence-electron chi connectivity index (χ1n) is 7.47. The van der Waals surface area contributed by atoms with Gasteiger partial charge >= 0.3 is 0 Å². The van der Waals surface area contributed by atoms with Crippen LogP contribution >= 0.6 is 23.2 Å². The maximum atomic E-state index is 12.6. The van der Waals surface area contributed by atoms with Gasteiger partial charge in [-0.25, -0.2) is 0 Å². The van der Waals surface area contributed by atoms with Crippen LogP contribution in [0.25, 0.3) is 0 Å². The summed E-state index contributed by atoms with van der Waals surface area (Å²) in [5.74, 6) is -0.000358. The van der Waals surface area contributed by atoms with Crippen LogP contribution in [0.5, 0.6) is 0 Å². The first-order chi connectivity index (χ1) is 10.0. The van der Waals surface area contributed by atoms with Crippen LogP contribution in [0.4, 0.5) is 0 Å². The number of nitrogens with zero attached hydrogens (tertiary/aromatic N) is 2. The summed E-state index contributed by atoms with van der Waals surface area (Å²) in [6, 6.07) is 5.28. The van der Waals surface area contributed by atoms with Gasteiger partial charge in [0.25, 0.3) is 5.91 Å². The Bertz CT molecular complexity index is 501. The van der Waals surface area contributed by atoms with E-state index in [9.17, 15) is 4.79 Å². The van der Waals surface area contributed by atoms with Gasteiger partial charge in [0, 0.05) is 25.2 Å². The molecule has 0 N–H and O–H groups in total. The second kappa shape index (κ2) is 7.48. The predicted molar refractivity (Wildman–Crippen MR) is 88.3 cm³/mol. The molecule has 116 valence electrons. The smallest absolute Gasteiger partial charge is 0.253 e. The van der Waals surface area contributed by atoms with Gasteiger partial charge in [-0.3, -0.25) is 4.79 Å². The van der Waals surface area contributed by atoms with Gasteiger partial charge in [0.15, 0.2) is 0 Å².